The molecule has 2 aromatic rings. The molecule has 0 bridgehead atoms. The Kier molecular flexibility index (Phi) is 5.91. The van der Waals surface area contributed by atoms with Crippen molar-refractivity contribution in [1.82, 2.24) is 4.90 Å². The number of rotatable bonds is 5. The van der Waals surface area contributed by atoms with E-state index in [4.69, 9.17) is 9.47 Å². The number of piperazine rings is 1. The monoisotopic (exact) mass is 398 g/mol. The molecule has 0 spiro atoms. The number of carbonyl (C=O) groups is 1. The highest BCUT2D eigenvalue weighted by molar-refractivity contribution is 5.78. The number of carbonyl (C=O) groups excluding carboxylic acids is 1. The third-order valence-electron chi connectivity index (χ3n) is 4.48. The molecule has 28 heavy (non-hydrogen) atoms. The number of benzene rings is 2. The van der Waals surface area contributed by atoms with E-state index in [9.17, 15) is 22.4 Å². The maximum absolute atomic E-state index is 13.6. The van der Waals surface area contributed by atoms with Crippen LogP contribution < -0.4 is 14.4 Å². The Morgan fingerprint density at radius 1 is 0.964 bits per heavy atom. The zero-order chi connectivity index (χ0) is 20.3. The molecule has 0 aromatic heterocycles. The molecule has 0 atom stereocenters. The van der Waals surface area contributed by atoms with Crippen molar-refractivity contribution in [2.75, 3.05) is 44.8 Å². The molecule has 1 aliphatic rings. The normalized spacial score (nSPS) is 14.2. The summed E-state index contributed by atoms with van der Waals surface area (Å²) in [4.78, 5) is 15.8. The highest BCUT2D eigenvalue weighted by Gasteiger charge is 2.25. The summed E-state index contributed by atoms with van der Waals surface area (Å²) in [6.07, 6.45) is 0. The Morgan fingerprint density at radius 3 is 2.07 bits per heavy atom. The number of hydrogen-bond donors (Lipinski definition) is 0. The molecule has 1 aliphatic heterocycles. The van der Waals surface area contributed by atoms with Gasteiger partial charge in [-0.2, -0.15) is 8.78 Å². The first-order valence-electron chi connectivity index (χ1n) is 8.53. The summed E-state index contributed by atoms with van der Waals surface area (Å²) in [5.41, 5.74) is 0.975. The summed E-state index contributed by atoms with van der Waals surface area (Å²) >= 11 is 0. The van der Waals surface area contributed by atoms with Crippen molar-refractivity contribution >= 4 is 11.6 Å². The molecule has 0 aliphatic carbocycles. The molecule has 3 rings (SSSR count). The second kappa shape index (κ2) is 8.37. The summed E-state index contributed by atoms with van der Waals surface area (Å²) in [5, 5.41) is 0. The summed E-state index contributed by atoms with van der Waals surface area (Å²) in [7, 11) is 1.58. The summed E-state index contributed by atoms with van der Waals surface area (Å²) in [6.45, 7) is 1.12. The molecular formula is C19H18F4N2O3. The number of ether oxygens (including phenoxy) is 2. The van der Waals surface area contributed by atoms with Crippen molar-refractivity contribution < 1.29 is 31.8 Å². The van der Waals surface area contributed by atoms with Crippen LogP contribution >= 0.6 is 0 Å². The predicted octanol–water partition coefficient (Wildman–Crippen LogP) is 2.98. The molecule has 1 heterocycles. The van der Waals surface area contributed by atoms with Gasteiger partial charge in [-0.25, -0.2) is 8.78 Å². The van der Waals surface area contributed by atoms with Gasteiger partial charge in [0.1, 0.15) is 5.75 Å². The Bertz CT molecular complexity index is 827. The summed E-state index contributed by atoms with van der Waals surface area (Å²) < 4.78 is 63.4. The van der Waals surface area contributed by atoms with E-state index in [0.717, 1.165) is 11.4 Å². The van der Waals surface area contributed by atoms with Crippen molar-refractivity contribution in [3.63, 3.8) is 0 Å². The molecule has 2 aromatic carbocycles. The van der Waals surface area contributed by atoms with Crippen molar-refractivity contribution in [1.29, 1.82) is 0 Å². The highest BCUT2D eigenvalue weighted by Crippen LogP contribution is 2.26. The van der Waals surface area contributed by atoms with Gasteiger partial charge in [-0.05, 0) is 24.3 Å². The van der Waals surface area contributed by atoms with E-state index >= 15 is 0 Å². The number of hydrogen-bond acceptors (Lipinski definition) is 4. The molecule has 9 heteroatoms. The fourth-order valence-electron chi connectivity index (χ4n) is 2.91. The molecule has 0 N–H and O–H groups in total. The Labute approximate surface area is 159 Å². The second-order valence-electron chi connectivity index (χ2n) is 6.15. The second-order valence-corrected chi connectivity index (χ2v) is 6.15. The van der Waals surface area contributed by atoms with Gasteiger partial charge >= 0.3 is 0 Å². The van der Waals surface area contributed by atoms with E-state index in [2.05, 4.69) is 4.90 Å². The number of halogens is 4. The van der Waals surface area contributed by atoms with Crippen LogP contribution in [-0.4, -0.2) is 50.7 Å². The molecule has 0 radical (unpaired) electrons. The van der Waals surface area contributed by atoms with Crippen LogP contribution in [0.2, 0.25) is 0 Å². The molecule has 1 saturated heterocycles. The van der Waals surface area contributed by atoms with Crippen molar-refractivity contribution in [2.24, 2.45) is 0 Å². The zero-order valence-electron chi connectivity index (χ0n) is 15.1. The fourth-order valence-corrected chi connectivity index (χ4v) is 2.91. The van der Waals surface area contributed by atoms with Crippen LogP contribution in [0.1, 0.15) is 0 Å². The minimum Gasteiger partial charge on any atom is -0.497 e. The lowest BCUT2D eigenvalue weighted by atomic mass is 10.2. The average molecular weight is 398 g/mol. The third-order valence-corrected chi connectivity index (χ3v) is 4.48. The van der Waals surface area contributed by atoms with Gasteiger partial charge in [0.25, 0.3) is 5.91 Å². The lowest BCUT2D eigenvalue weighted by Crippen LogP contribution is -2.50. The van der Waals surface area contributed by atoms with Gasteiger partial charge in [-0.1, -0.05) is 0 Å². The van der Waals surface area contributed by atoms with E-state index in [-0.39, 0.29) is 6.07 Å². The molecular weight excluding hydrogens is 380 g/mol. The van der Waals surface area contributed by atoms with Crippen LogP contribution in [0.25, 0.3) is 0 Å². The Morgan fingerprint density at radius 2 is 1.54 bits per heavy atom. The smallest absolute Gasteiger partial charge is 0.260 e. The zero-order valence-corrected chi connectivity index (χ0v) is 15.1. The van der Waals surface area contributed by atoms with E-state index in [0.29, 0.717) is 26.2 Å². The third kappa shape index (κ3) is 4.13. The lowest BCUT2D eigenvalue weighted by molar-refractivity contribution is -0.133. The predicted molar refractivity (Wildman–Crippen MR) is 93.6 cm³/mol. The quantitative estimate of drug-likeness (QED) is 0.574. The van der Waals surface area contributed by atoms with Crippen LogP contribution in [0.3, 0.4) is 0 Å². The Balaban J connectivity index is 1.56. The number of anilines is 1. The van der Waals surface area contributed by atoms with E-state index in [1.54, 1.807) is 7.11 Å². The number of amides is 1. The maximum atomic E-state index is 13.6. The standard InChI is InChI=1S/C19H18F4N2O3/c1-27-13-4-2-12(3-5-13)24-6-8-25(9-7-24)16(26)11-28-19-17(22)14(20)10-15(21)18(19)23/h2-5,10H,6-9,11H2,1H3. The van der Waals surface area contributed by atoms with E-state index in [1.807, 2.05) is 24.3 Å². The highest BCUT2D eigenvalue weighted by atomic mass is 19.2. The van der Waals surface area contributed by atoms with Gasteiger partial charge in [-0.15, -0.1) is 0 Å². The molecule has 0 saturated carbocycles. The van der Waals surface area contributed by atoms with Crippen LogP contribution in [0.15, 0.2) is 30.3 Å². The van der Waals surface area contributed by atoms with Gasteiger partial charge in [0, 0.05) is 37.9 Å². The topological polar surface area (TPSA) is 42.0 Å². The minimum atomic E-state index is -1.67. The molecule has 0 unspecified atom stereocenters. The molecule has 1 fully saturated rings. The first-order chi connectivity index (χ1) is 13.4. The number of methoxy groups -OCH3 is 1. The van der Waals surface area contributed by atoms with Gasteiger partial charge in [-0.3, -0.25) is 4.79 Å². The largest absolute Gasteiger partial charge is 0.497 e. The first kappa shape index (κ1) is 19.8. The first-order valence-corrected chi connectivity index (χ1v) is 8.53. The summed E-state index contributed by atoms with van der Waals surface area (Å²) in [6, 6.07) is 7.56. The Hall–Kier alpha value is -2.97. The van der Waals surface area contributed by atoms with E-state index in [1.165, 1.54) is 4.90 Å². The minimum absolute atomic E-state index is 0.0811. The lowest BCUT2D eigenvalue weighted by Gasteiger charge is -2.36. The van der Waals surface area contributed by atoms with Crippen LogP contribution in [0.5, 0.6) is 11.5 Å². The van der Waals surface area contributed by atoms with Gasteiger partial charge in [0.15, 0.2) is 24.0 Å². The number of nitrogens with zero attached hydrogens (tertiary/aromatic N) is 2. The van der Waals surface area contributed by atoms with Gasteiger partial charge < -0.3 is 19.3 Å². The van der Waals surface area contributed by atoms with Crippen molar-refractivity contribution in [2.45, 2.75) is 0 Å². The average Bonchev–Trinajstić information content (AvgIpc) is 2.72. The summed E-state index contributed by atoms with van der Waals surface area (Å²) in [5.74, 6) is -7.54. The maximum Gasteiger partial charge on any atom is 0.260 e. The van der Waals surface area contributed by atoms with Crippen molar-refractivity contribution in [3.8, 4) is 11.5 Å². The molecule has 150 valence electrons. The molecule has 5 nitrogen and oxygen atoms in total. The van der Waals surface area contributed by atoms with E-state index < -0.39 is 41.5 Å². The van der Waals surface area contributed by atoms with Crippen molar-refractivity contribution in [3.05, 3.63) is 53.6 Å². The SMILES string of the molecule is COc1ccc(N2CCN(C(=O)COc3c(F)c(F)cc(F)c3F)CC2)cc1. The van der Waals surface area contributed by atoms with Crippen LogP contribution in [0.4, 0.5) is 23.2 Å². The van der Waals surface area contributed by atoms with Crippen LogP contribution in [0, 0.1) is 23.3 Å². The van der Waals surface area contributed by atoms with Gasteiger partial charge in [0.2, 0.25) is 11.6 Å². The fraction of sp³-hybridized carbons (Fsp3) is 0.316. The molecule has 1 amide bonds. The van der Waals surface area contributed by atoms with Gasteiger partial charge in [0.05, 0.1) is 7.11 Å². The van der Waals surface area contributed by atoms with Crippen LogP contribution in [-0.2, 0) is 4.79 Å².